The highest BCUT2D eigenvalue weighted by Gasteiger charge is 2.17. The SMILES string of the molecule is NC(=NCc1ccc2ncccc2c1)NC1CCC1. The number of hydrogen-bond acceptors (Lipinski definition) is 2. The van der Waals surface area contributed by atoms with E-state index in [0.29, 0.717) is 18.5 Å². The largest absolute Gasteiger partial charge is 0.370 e. The quantitative estimate of drug-likeness (QED) is 0.652. The Morgan fingerprint density at radius 3 is 3.05 bits per heavy atom. The van der Waals surface area contributed by atoms with Gasteiger partial charge >= 0.3 is 0 Å². The molecule has 1 aromatic heterocycles. The summed E-state index contributed by atoms with van der Waals surface area (Å²) in [7, 11) is 0. The minimum atomic E-state index is 0.532. The average molecular weight is 254 g/mol. The highest BCUT2D eigenvalue weighted by molar-refractivity contribution is 5.80. The van der Waals surface area contributed by atoms with Gasteiger partial charge < -0.3 is 11.1 Å². The highest BCUT2D eigenvalue weighted by atomic mass is 15.1. The molecular weight excluding hydrogens is 236 g/mol. The number of rotatable bonds is 3. The molecule has 1 heterocycles. The second-order valence-corrected chi connectivity index (χ2v) is 5.00. The number of nitrogens with zero attached hydrogens (tertiary/aromatic N) is 2. The molecule has 0 amide bonds. The maximum atomic E-state index is 5.87. The normalized spacial score (nSPS) is 16.3. The van der Waals surface area contributed by atoms with Crippen LogP contribution in [0.25, 0.3) is 10.9 Å². The molecule has 0 radical (unpaired) electrons. The summed E-state index contributed by atoms with van der Waals surface area (Å²) in [4.78, 5) is 8.69. The summed E-state index contributed by atoms with van der Waals surface area (Å²) in [6, 6.07) is 10.7. The van der Waals surface area contributed by atoms with Crippen molar-refractivity contribution in [1.82, 2.24) is 10.3 Å². The van der Waals surface area contributed by atoms with Gasteiger partial charge in [-0.2, -0.15) is 0 Å². The standard InChI is InChI=1S/C15H18N4/c16-15(19-13-4-1-5-13)18-10-11-6-7-14-12(9-11)3-2-8-17-14/h2-3,6-9,13H,1,4-5,10H2,(H3,16,18,19). The fourth-order valence-electron chi connectivity index (χ4n) is 2.21. The van der Waals surface area contributed by atoms with Crippen LogP contribution >= 0.6 is 0 Å². The number of aliphatic imine (C=N–C) groups is 1. The van der Waals surface area contributed by atoms with E-state index < -0.39 is 0 Å². The number of nitrogens with one attached hydrogen (secondary N) is 1. The molecule has 0 atom stereocenters. The van der Waals surface area contributed by atoms with E-state index in [1.165, 1.54) is 19.3 Å². The molecule has 0 unspecified atom stereocenters. The van der Waals surface area contributed by atoms with Crippen LogP contribution in [0.1, 0.15) is 24.8 Å². The molecule has 2 aromatic rings. The van der Waals surface area contributed by atoms with Crippen molar-refractivity contribution in [3.8, 4) is 0 Å². The van der Waals surface area contributed by atoms with E-state index in [4.69, 9.17) is 5.73 Å². The third kappa shape index (κ3) is 2.84. The minimum absolute atomic E-state index is 0.532. The predicted molar refractivity (Wildman–Crippen MR) is 77.8 cm³/mol. The van der Waals surface area contributed by atoms with Gasteiger partial charge in [0.1, 0.15) is 0 Å². The van der Waals surface area contributed by atoms with Crippen LogP contribution in [0.4, 0.5) is 0 Å². The van der Waals surface area contributed by atoms with Crippen molar-refractivity contribution >= 4 is 16.9 Å². The van der Waals surface area contributed by atoms with Gasteiger partial charge in [0.15, 0.2) is 5.96 Å². The molecule has 1 aliphatic rings. The molecule has 4 nitrogen and oxygen atoms in total. The van der Waals surface area contributed by atoms with Gasteiger partial charge in [0.25, 0.3) is 0 Å². The van der Waals surface area contributed by atoms with E-state index >= 15 is 0 Å². The van der Waals surface area contributed by atoms with Crippen LogP contribution in [0.5, 0.6) is 0 Å². The summed E-state index contributed by atoms with van der Waals surface area (Å²) in [6.45, 7) is 0.608. The number of pyridine rings is 1. The molecular formula is C15H18N4. The predicted octanol–water partition coefficient (Wildman–Crippen LogP) is 2.19. The Morgan fingerprint density at radius 2 is 2.26 bits per heavy atom. The first-order chi connectivity index (χ1) is 9.31. The van der Waals surface area contributed by atoms with E-state index in [-0.39, 0.29) is 0 Å². The first-order valence-electron chi connectivity index (χ1n) is 6.71. The smallest absolute Gasteiger partial charge is 0.189 e. The molecule has 4 heteroatoms. The van der Waals surface area contributed by atoms with E-state index in [0.717, 1.165) is 16.5 Å². The fraction of sp³-hybridized carbons (Fsp3) is 0.333. The van der Waals surface area contributed by atoms with Crippen LogP contribution in [0.3, 0.4) is 0 Å². The van der Waals surface area contributed by atoms with E-state index in [1.807, 2.05) is 12.1 Å². The monoisotopic (exact) mass is 254 g/mol. The zero-order valence-electron chi connectivity index (χ0n) is 10.8. The molecule has 0 spiro atoms. The lowest BCUT2D eigenvalue weighted by Gasteiger charge is -2.26. The lowest BCUT2D eigenvalue weighted by Crippen LogP contribution is -2.43. The molecule has 3 rings (SSSR count). The third-order valence-electron chi connectivity index (χ3n) is 3.56. The fourth-order valence-corrected chi connectivity index (χ4v) is 2.21. The van der Waals surface area contributed by atoms with Crippen LogP contribution < -0.4 is 11.1 Å². The Balaban J connectivity index is 1.68. The molecule has 1 fully saturated rings. The lowest BCUT2D eigenvalue weighted by atomic mass is 9.93. The van der Waals surface area contributed by atoms with Gasteiger partial charge in [-0.05, 0) is 43.0 Å². The van der Waals surface area contributed by atoms with Gasteiger partial charge in [-0.3, -0.25) is 4.98 Å². The van der Waals surface area contributed by atoms with Crippen LogP contribution in [-0.4, -0.2) is 17.0 Å². The summed E-state index contributed by atoms with van der Waals surface area (Å²) < 4.78 is 0. The van der Waals surface area contributed by atoms with Crippen molar-refractivity contribution in [1.29, 1.82) is 0 Å². The first kappa shape index (κ1) is 12.0. The molecule has 98 valence electrons. The van der Waals surface area contributed by atoms with Crippen molar-refractivity contribution in [3.05, 3.63) is 42.1 Å². The summed E-state index contributed by atoms with van der Waals surface area (Å²) in [5.74, 6) is 0.552. The number of fused-ring (bicyclic) bond motifs is 1. The highest BCUT2D eigenvalue weighted by Crippen LogP contribution is 2.17. The van der Waals surface area contributed by atoms with E-state index in [2.05, 4.69) is 33.5 Å². The molecule has 1 saturated carbocycles. The van der Waals surface area contributed by atoms with Gasteiger partial charge in [-0.1, -0.05) is 12.1 Å². The van der Waals surface area contributed by atoms with Crippen LogP contribution in [0.15, 0.2) is 41.5 Å². The number of benzene rings is 1. The first-order valence-corrected chi connectivity index (χ1v) is 6.71. The van der Waals surface area contributed by atoms with Gasteiger partial charge in [0, 0.05) is 17.6 Å². The van der Waals surface area contributed by atoms with Crippen LogP contribution in [-0.2, 0) is 6.54 Å². The summed E-state index contributed by atoms with van der Waals surface area (Å²) >= 11 is 0. The molecule has 0 bridgehead atoms. The van der Waals surface area contributed by atoms with E-state index in [9.17, 15) is 0 Å². The minimum Gasteiger partial charge on any atom is -0.370 e. The summed E-state index contributed by atoms with van der Waals surface area (Å²) in [5.41, 5.74) is 8.03. The maximum absolute atomic E-state index is 5.87. The number of hydrogen-bond donors (Lipinski definition) is 2. The Kier molecular flexibility index (Phi) is 3.31. The Hall–Kier alpha value is -2.10. The third-order valence-corrected chi connectivity index (χ3v) is 3.56. The molecule has 3 N–H and O–H groups in total. The van der Waals surface area contributed by atoms with Crippen LogP contribution in [0, 0.1) is 0 Å². The van der Waals surface area contributed by atoms with Gasteiger partial charge in [-0.15, -0.1) is 0 Å². The zero-order valence-corrected chi connectivity index (χ0v) is 10.8. The molecule has 1 aliphatic carbocycles. The van der Waals surface area contributed by atoms with Crippen molar-refractivity contribution in [2.45, 2.75) is 31.8 Å². The number of guanidine groups is 1. The molecule has 0 saturated heterocycles. The second-order valence-electron chi connectivity index (χ2n) is 5.00. The topological polar surface area (TPSA) is 63.3 Å². The van der Waals surface area contributed by atoms with Crippen LogP contribution in [0.2, 0.25) is 0 Å². The Labute approximate surface area is 112 Å². The summed E-state index contributed by atoms with van der Waals surface area (Å²) in [5, 5.41) is 4.38. The molecule has 1 aromatic carbocycles. The Morgan fingerprint density at radius 1 is 1.37 bits per heavy atom. The number of nitrogens with two attached hydrogens (primary N) is 1. The second kappa shape index (κ2) is 5.26. The van der Waals surface area contributed by atoms with Crippen molar-refractivity contribution in [3.63, 3.8) is 0 Å². The average Bonchev–Trinajstić information content (AvgIpc) is 2.40. The van der Waals surface area contributed by atoms with E-state index in [1.54, 1.807) is 6.20 Å². The van der Waals surface area contributed by atoms with Crippen molar-refractivity contribution in [2.75, 3.05) is 0 Å². The zero-order chi connectivity index (χ0) is 13.1. The van der Waals surface area contributed by atoms with Gasteiger partial charge in [-0.25, -0.2) is 4.99 Å². The lowest BCUT2D eigenvalue weighted by molar-refractivity contribution is 0.382. The summed E-state index contributed by atoms with van der Waals surface area (Å²) in [6.07, 6.45) is 5.51. The van der Waals surface area contributed by atoms with Crippen molar-refractivity contribution < 1.29 is 0 Å². The number of aromatic nitrogens is 1. The van der Waals surface area contributed by atoms with Gasteiger partial charge in [0.2, 0.25) is 0 Å². The molecule has 19 heavy (non-hydrogen) atoms. The van der Waals surface area contributed by atoms with Gasteiger partial charge in [0.05, 0.1) is 12.1 Å². The molecule has 0 aliphatic heterocycles. The van der Waals surface area contributed by atoms with Crippen molar-refractivity contribution in [2.24, 2.45) is 10.7 Å². The Bertz CT molecular complexity index is 602. The maximum Gasteiger partial charge on any atom is 0.189 e.